The van der Waals surface area contributed by atoms with E-state index in [1.165, 1.54) is 6.20 Å². The van der Waals surface area contributed by atoms with Crippen LogP contribution in [0, 0.1) is 0 Å². The second-order valence-corrected chi connectivity index (χ2v) is 4.55. The summed E-state index contributed by atoms with van der Waals surface area (Å²) in [5.41, 5.74) is 7.22. The first kappa shape index (κ1) is 15.9. The van der Waals surface area contributed by atoms with Crippen LogP contribution in [0.15, 0.2) is 30.5 Å². The number of nitrogens with two attached hydrogens (primary N) is 1. The van der Waals surface area contributed by atoms with Crippen molar-refractivity contribution in [3.05, 3.63) is 41.6 Å². The van der Waals surface area contributed by atoms with E-state index in [0.717, 1.165) is 0 Å². The summed E-state index contributed by atoms with van der Waals surface area (Å²) in [5, 5.41) is 0.633. The quantitative estimate of drug-likeness (QED) is 0.849. The van der Waals surface area contributed by atoms with Crippen LogP contribution in [-0.4, -0.2) is 30.1 Å². The zero-order chi connectivity index (χ0) is 16.1. The molecular weight excluding hydrogens is 284 g/mol. The van der Waals surface area contributed by atoms with Gasteiger partial charge in [-0.25, -0.2) is 9.59 Å². The molecule has 0 fully saturated rings. The van der Waals surface area contributed by atoms with Crippen molar-refractivity contribution < 1.29 is 19.1 Å². The van der Waals surface area contributed by atoms with Crippen molar-refractivity contribution in [2.24, 2.45) is 5.73 Å². The monoisotopic (exact) mass is 302 g/mol. The van der Waals surface area contributed by atoms with E-state index in [2.05, 4.69) is 4.98 Å². The first-order valence-electron chi connectivity index (χ1n) is 7.07. The van der Waals surface area contributed by atoms with Gasteiger partial charge in [0.25, 0.3) is 0 Å². The maximum absolute atomic E-state index is 12.1. The molecule has 2 N–H and O–H groups in total. The number of nitrogens with zero attached hydrogens (tertiary/aromatic N) is 1. The predicted octanol–water partition coefficient (Wildman–Crippen LogP) is 1.97. The van der Waals surface area contributed by atoms with Gasteiger partial charge in [-0.05, 0) is 19.9 Å². The molecule has 1 atom stereocenters. The molecule has 0 bridgehead atoms. The molecule has 0 amide bonds. The number of hydrogen-bond donors (Lipinski definition) is 1. The van der Waals surface area contributed by atoms with Gasteiger partial charge < -0.3 is 15.2 Å². The summed E-state index contributed by atoms with van der Waals surface area (Å²) >= 11 is 0. The molecule has 22 heavy (non-hydrogen) atoms. The smallest absolute Gasteiger partial charge is 0.340 e. The first-order chi connectivity index (χ1) is 10.6. The Morgan fingerprint density at radius 1 is 1.18 bits per heavy atom. The fraction of sp³-hybridized carbons (Fsp3) is 0.312. The van der Waals surface area contributed by atoms with Crippen LogP contribution >= 0.6 is 0 Å². The third-order valence-electron chi connectivity index (χ3n) is 3.16. The number of hydrogen-bond acceptors (Lipinski definition) is 6. The lowest BCUT2D eigenvalue weighted by atomic mass is 9.97. The molecule has 1 heterocycles. The molecule has 6 nitrogen and oxygen atoms in total. The number of aromatic nitrogens is 1. The van der Waals surface area contributed by atoms with Crippen molar-refractivity contribution in [1.82, 2.24) is 4.98 Å². The molecule has 1 unspecified atom stereocenters. The highest BCUT2D eigenvalue weighted by molar-refractivity contribution is 6.00. The Bertz CT molecular complexity index is 700. The Kier molecular flexibility index (Phi) is 5.06. The fourth-order valence-corrected chi connectivity index (χ4v) is 2.22. The van der Waals surface area contributed by atoms with Gasteiger partial charge in [-0.3, -0.25) is 4.98 Å². The van der Waals surface area contributed by atoms with Crippen LogP contribution < -0.4 is 5.73 Å². The van der Waals surface area contributed by atoms with E-state index in [-0.39, 0.29) is 18.8 Å². The summed E-state index contributed by atoms with van der Waals surface area (Å²) in [7, 11) is 0. The molecule has 2 aromatic rings. The van der Waals surface area contributed by atoms with Crippen molar-refractivity contribution >= 4 is 22.8 Å². The minimum atomic E-state index is -1.08. The van der Waals surface area contributed by atoms with E-state index in [0.29, 0.717) is 16.5 Å². The largest absolute Gasteiger partial charge is 0.465 e. The number of pyridine rings is 1. The zero-order valence-electron chi connectivity index (χ0n) is 12.5. The van der Waals surface area contributed by atoms with Crippen LogP contribution in [-0.2, 0) is 14.3 Å². The van der Waals surface area contributed by atoms with Gasteiger partial charge in [-0.1, -0.05) is 18.2 Å². The molecule has 6 heteroatoms. The topological polar surface area (TPSA) is 91.5 Å². The summed E-state index contributed by atoms with van der Waals surface area (Å²) in [6, 6.07) is 6.08. The Labute approximate surface area is 128 Å². The third kappa shape index (κ3) is 3.07. The van der Waals surface area contributed by atoms with Crippen molar-refractivity contribution in [2.75, 3.05) is 13.2 Å². The molecule has 2 rings (SSSR count). The average molecular weight is 302 g/mol. The minimum Gasteiger partial charge on any atom is -0.465 e. The summed E-state index contributed by atoms with van der Waals surface area (Å²) in [4.78, 5) is 28.3. The van der Waals surface area contributed by atoms with Crippen molar-refractivity contribution in [2.45, 2.75) is 19.9 Å². The normalized spacial score (nSPS) is 12.0. The Balaban J connectivity index is 2.62. The summed E-state index contributed by atoms with van der Waals surface area (Å²) in [5.74, 6) is -1.15. The van der Waals surface area contributed by atoms with Crippen LogP contribution in [0.2, 0.25) is 0 Å². The molecular formula is C16H18N2O4. The van der Waals surface area contributed by atoms with E-state index in [9.17, 15) is 9.59 Å². The van der Waals surface area contributed by atoms with E-state index in [4.69, 9.17) is 15.2 Å². The molecule has 0 radical (unpaired) electrons. The molecule has 0 spiro atoms. The SMILES string of the molecule is CCOC(=O)c1cnc2ccccc2c1C(N)C(=O)OCC. The van der Waals surface area contributed by atoms with Gasteiger partial charge in [0.05, 0.1) is 24.3 Å². The number of carbonyl (C=O) groups excluding carboxylic acids is 2. The maximum Gasteiger partial charge on any atom is 0.340 e. The zero-order valence-corrected chi connectivity index (χ0v) is 12.5. The lowest BCUT2D eigenvalue weighted by molar-refractivity contribution is -0.144. The van der Waals surface area contributed by atoms with Crippen molar-refractivity contribution in [1.29, 1.82) is 0 Å². The van der Waals surface area contributed by atoms with Crippen LogP contribution in [0.5, 0.6) is 0 Å². The number of esters is 2. The average Bonchev–Trinajstić information content (AvgIpc) is 2.53. The van der Waals surface area contributed by atoms with E-state index in [1.54, 1.807) is 32.0 Å². The number of benzene rings is 1. The fourth-order valence-electron chi connectivity index (χ4n) is 2.22. The molecule has 1 aromatic carbocycles. The molecule has 0 saturated carbocycles. The molecule has 116 valence electrons. The summed E-state index contributed by atoms with van der Waals surface area (Å²) in [6.45, 7) is 3.84. The Morgan fingerprint density at radius 2 is 1.86 bits per heavy atom. The number of ether oxygens (including phenoxy) is 2. The van der Waals surface area contributed by atoms with Gasteiger partial charge in [0.1, 0.15) is 6.04 Å². The van der Waals surface area contributed by atoms with Gasteiger partial charge in [-0.15, -0.1) is 0 Å². The molecule has 0 aliphatic rings. The maximum atomic E-state index is 12.1. The summed E-state index contributed by atoms with van der Waals surface area (Å²) in [6.07, 6.45) is 1.38. The van der Waals surface area contributed by atoms with E-state index < -0.39 is 18.0 Å². The third-order valence-corrected chi connectivity index (χ3v) is 3.16. The van der Waals surface area contributed by atoms with Crippen LogP contribution in [0.3, 0.4) is 0 Å². The molecule has 0 saturated heterocycles. The Morgan fingerprint density at radius 3 is 2.55 bits per heavy atom. The highest BCUT2D eigenvalue weighted by atomic mass is 16.5. The van der Waals surface area contributed by atoms with E-state index in [1.807, 2.05) is 6.07 Å². The van der Waals surface area contributed by atoms with E-state index >= 15 is 0 Å². The standard InChI is InChI=1S/C16H18N2O4/c1-3-21-15(19)11-9-18-12-8-6-5-7-10(12)13(11)14(17)16(20)22-4-2/h5-9,14H,3-4,17H2,1-2H3. The summed E-state index contributed by atoms with van der Waals surface area (Å²) < 4.78 is 9.99. The van der Waals surface area contributed by atoms with Gasteiger partial charge in [0.2, 0.25) is 0 Å². The highest BCUT2D eigenvalue weighted by Crippen LogP contribution is 2.27. The predicted molar refractivity (Wildman–Crippen MR) is 81.3 cm³/mol. The lowest BCUT2D eigenvalue weighted by Crippen LogP contribution is -2.26. The molecule has 0 aliphatic carbocycles. The van der Waals surface area contributed by atoms with Crippen molar-refractivity contribution in [3.63, 3.8) is 0 Å². The Hall–Kier alpha value is -2.47. The second kappa shape index (κ2) is 7.00. The van der Waals surface area contributed by atoms with Gasteiger partial charge in [-0.2, -0.15) is 0 Å². The molecule has 1 aromatic heterocycles. The van der Waals surface area contributed by atoms with Gasteiger partial charge >= 0.3 is 11.9 Å². The second-order valence-electron chi connectivity index (χ2n) is 4.55. The van der Waals surface area contributed by atoms with Crippen LogP contribution in [0.25, 0.3) is 10.9 Å². The number of rotatable bonds is 5. The number of para-hydroxylation sites is 1. The number of fused-ring (bicyclic) bond motifs is 1. The van der Waals surface area contributed by atoms with Gasteiger partial charge in [0.15, 0.2) is 0 Å². The molecule has 0 aliphatic heterocycles. The number of carbonyl (C=O) groups is 2. The highest BCUT2D eigenvalue weighted by Gasteiger charge is 2.26. The van der Waals surface area contributed by atoms with Gasteiger partial charge in [0, 0.05) is 17.1 Å². The minimum absolute atomic E-state index is 0.182. The van der Waals surface area contributed by atoms with Crippen molar-refractivity contribution in [3.8, 4) is 0 Å². The van der Waals surface area contributed by atoms with Crippen LogP contribution in [0.1, 0.15) is 35.8 Å². The first-order valence-corrected chi connectivity index (χ1v) is 7.07. The lowest BCUT2D eigenvalue weighted by Gasteiger charge is -2.16. The van der Waals surface area contributed by atoms with Crippen LogP contribution in [0.4, 0.5) is 0 Å².